The summed E-state index contributed by atoms with van der Waals surface area (Å²) in [5.74, 6) is 0.623. The van der Waals surface area contributed by atoms with Crippen molar-refractivity contribution in [2.24, 2.45) is 5.92 Å². The molecule has 1 heterocycles. The monoisotopic (exact) mass is 344 g/mol. The molecule has 1 saturated heterocycles. The Morgan fingerprint density at radius 1 is 1.59 bits per heavy atom. The Morgan fingerprint density at radius 2 is 2.41 bits per heavy atom. The predicted octanol–water partition coefficient (Wildman–Crippen LogP) is 2.54. The summed E-state index contributed by atoms with van der Waals surface area (Å²) < 4.78 is 1.18. The molecule has 0 spiro atoms. The smallest absolute Gasteiger partial charge is 0.224 e. The largest absolute Gasteiger partial charge is 0.326 e. The van der Waals surface area contributed by atoms with E-state index >= 15 is 0 Å². The van der Waals surface area contributed by atoms with Crippen molar-refractivity contribution in [3.63, 3.8) is 0 Å². The Balaban J connectivity index is 1.90. The fraction of sp³-hybridized carbons (Fsp3) is 0.462. The van der Waals surface area contributed by atoms with Crippen LogP contribution in [0.1, 0.15) is 18.4 Å². The summed E-state index contributed by atoms with van der Waals surface area (Å²) >= 11 is 2.29. The van der Waals surface area contributed by atoms with Crippen molar-refractivity contribution in [3.8, 4) is 0 Å². The third-order valence-corrected chi connectivity index (χ3v) is 4.25. The van der Waals surface area contributed by atoms with Crippen molar-refractivity contribution in [1.29, 1.82) is 0 Å². The fourth-order valence-electron chi connectivity index (χ4n) is 2.03. The number of halogens is 1. The minimum Gasteiger partial charge on any atom is -0.326 e. The van der Waals surface area contributed by atoms with Gasteiger partial charge in [0.25, 0.3) is 0 Å². The van der Waals surface area contributed by atoms with Gasteiger partial charge in [0.2, 0.25) is 5.91 Å². The maximum Gasteiger partial charge on any atom is 0.224 e. The lowest BCUT2D eigenvalue weighted by Crippen LogP contribution is -2.18. The zero-order chi connectivity index (χ0) is 12.3. The van der Waals surface area contributed by atoms with E-state index in [4.69, 9.17) is 0 Å². The van der Waals surface area contributed by atoms with Crippen LogP contribution < -0.4 is 10.6 Å². The highest BCUT2D eigenvalue weighted by atomic mass is 127. The van der Waals surface area contributed by atoms with E-state index in [0.717, 1.165) is 25.2 Å². The SMILES string of the molecule is Cc1ccc(NC(=O)CC2CCNC2)cc1I. The van der Waals surface area contributed by atoms with Crippen LogP contribution in [0, 0.1) is 16.4 Å². The third kappa shape index (κ3) is 3.67. The Labute approximate surface area is 116 Å². The maximum atomic E-state index is 11.8. The van der Waals surface area contributed by atoms with Crippen molar-refractivity contribution in [3.05, 3.63) is 27.3 Å². The van der Waals surface area contributed by atoms with Crippen LogP contribution in [0.5, 0.6) is 0 Å². The van der Waals surface area contributed by atoms with Gasteiger partial charge in [-0.2, -0.15) is 0 Å². The van der Waals surface area contributed by atoms with Crippen LogP contribution in [0.4, 0.5) is 5.69 Å². The fourth-order valence-corrected chi connectivity index (χ4v) is 2.55. The van der Waals surface area contributed by atoms with Gasteiger partial charge in [0.1, 0.15) is 0 Å². The van der Waals surface area contributed by atoms with E-state index in [1.165, 1.54) is 9.13 Å². The molecular weight excluding hydrogens is 327 g/mol. The van der Waals surface area contributed by atoms with E-state index in [1.54, 1.807) is 0 Å². The summed E-state index contributed by atoms with van der Waals surface area (Å²) in [7, 11) is 0. The summed E-state index contributed by atoms with van der Waals surface area (Å²) in [5.41, 5.74) is 2.14. The van der Waals surface area contributed by atoms with Gasteiger partial charge >= 0.3 is 0 Å². The Bertz CT molecular complexity index is 414. The average molecular weight is 344 g/mol. The lowest BCUT2D eigenvalue weighted by molar-refractivity contribution is -0.116. The van der Waals surface area contributed by atoms with Gasteiger partial charge < -0.3 is 10.6 Å². The second-order valence-corrected chi connectivity index (χ2v) is 5.74. The molecule has 1 aromatic carbocycles. The molecule has 4 heteroatoms. The molecule has 3 nitrogen and oxygen atoms in total. The van der Waals surface area contributed by atoms with Gasteiger partial charge in [-0.25, -0.2) is 0 Å². The van der Waals surface area contributed by atoms with Gasteiger partial charge in [-0.15, -0.1) is 0 Å². The molecule has 17 heavy (non-hydrogen) atoms. The highest BCUT2D eigenvalue weighted by molar-refractivity contribution is 14.1. The van der Waals surface area contributed by atoms with Crippen molar-refractivity contribution >= 4 is 34.2 Å². The number of benzene rings is 1. The van der Waals surface area contributed by atoms with Crippen molar-refractivity contribution in [2.45, 2.75) is 19.8 Å². The molecule has 92 valence electrons. The van der Waals surface area contributed by atoms with Crippen LogP contribution in [0.25, 0.3) is 0 Å². The van der Waals surface area contributed by atoms with Crippen molar-refractivity contribution in [1.82, 2.24) is 5.32 Å². The van der Waals surface area contributed by atoms with Gasteiger partial charge in [0.15, 0.2) is 0 Å². The summed E-state index contributed by atoms with van der Waals surface area (Å²) in [6.45, 7) is 4.08. The van der Waals surface area contributed by atoms with E-state index < -0.39 is 0 Å². The molecule has 2 N–H and O–H groups in total. The molecular formula is C13H17IN2O. The highest BCUT2D eigenvalue weighted by Gasteiger charge is 2.17. The zero-order valence-corrected chi connectivity index (χ0v) is 12.1. The molecule has 0 aromatic heterocycles. The number of amides is 1. The molecule has 1 aromatic rings. The minimum atomic E-state index is 0.123. The first-order valence-corrected chi connectivity index (χ1v) is 7.00. The van der Waals surface area contributed by atoms with E-state index in [-0.39, 0.29) is 5.91 Å². The summed E-state index contributed by atoms with van der Waals surface area (Å²) in [4.78, 5) is 11.8. The summed E-state index contributed by atoms with van der Waals surface area (Å²) in [5, 5.41) is 6.24. The highest BCUT2D eigenvalue weighted by Crippen LogP contribution is 2.18. The van der Waals surface area contributed by atoms with Gasteiger partial charge in [-0.1, -0.05) is 6.07 Å². The topological polar surface area (TPSA) is 41.1 Å². The lowest BCUT2D eigenvalue weighted by atomic mass is 10.0. The first kappa shape index (κ1) is 12.8. The Hall–Kier alpha value is -0.620. The number of carbonyl (C=O) groups is 1. The maximum absolute atomic E-state index is 11.8. The van der Waals surface area contributed by atoms with Crippen LogP contribution in [0.2, 0.25) is 0 Å². The van der Waals surface area contributed by atoms with Crippen molar-refractivity contribution in [2.75, 3.05) is 18.4 Å². The second-order valence-electron chi connectivity index (χ2n) is 4.58. The second kappa shape index (κ2) is 5.82. The summed E-state index contributed by atoms with van der Waals surface area (Å²) in [6, 6.07) is 6.01. The normalized spacial score (nSPS) is 19.3. The molecule has 1 atom stereocenters. The first-order valence-electron chi connectivity index (χ1n) is 5.92. The molecule has 2 rings (SSSR count). The molecule has 0 aliphatic carbocycles. The Kier molecular flexibility index (Phi) is 4.39. The Morgan fingerprint density at radius 3 is 3.06 bits per heavy atom. The van der Waals surface area contributed by atoms with E-state index in [2.05, 4.69) is 40.1 Å². The van der Waals surface area contributed by atoms with Gasteiger partial charge in [0, 0.05) is 15.7 Å². The minimum absolute atomic E-state index is 0.123. The molecule has 1 unspecified atom stereocenters. The number of hydrogen-bond acceptors (Lipinski definition) is 2. The number of hydrogen-bond donors (Lipinski definition) is 2. The average Bonchev–Trinajstić information content (AvgIpc) is 2.76. The number of rotatable bonds is 3. The predicted molar refractivity (Wildman–Crippen MR) is 78.1 cm³/mol. The van der Waals surface area contributed by atoms with E-state index in [1.807, 2.05) is 18.2 Å². The molecule has 1 fully saturated rings. The van der Waals surface area contributed by atoms with Crippen LogP contribution in [-0.2, 0) is 4.79 Å². The first-order chi connectivity index (χ1) is 8.15. The molecule has 0 radical (unpaired) electrons. The molecule has 0 saturated carbocycles. The van der Waals surface area contributed by atoms with Crippen LogP contribution in [0.3, 0.4) is 0 Å². The van der Waals surface area contributed by atoms with Crippen LogP contribution >= 0.6 is 22.6 Å². The van der Waals surface area contributed by atoms with Crippen molar-refractivity contribution < 1.29 is 4.79 Å². The standard InChI is InChI=1S/C13H17IN2O/c1-9-2-3-11(7-12(9)14)16-13(17)6-10-4-5-15-8-10/h2-3,7,10,15H,4-6,8H2,1H3,(H,16,17). The zero-order valence-electron chi connectivity index (χ0n) is 9.92. The number of aryl methyl sites for hydroxylation is 1. The van der Waals surface area contributed by atoms with Gasteiger partial charge in [0.05, 0.1) is 0 Å². The van der Waals surface area contributed by atoms with E-state index in [9.17, 15) is 4.79 Å². The third-order valence-electron chi connectivity index (χ3n) is 3.09. The number of anilines is 1. The number of carbonyl (C=O) groups excluding carboxylic acids is 1. The molecule has 0 bridgehead atoms. The summed E-state index contributed by atoms with van der Waals surface area (Å²) in [6.07, 6.45) is 1.73. The molecule has 1 aliphatic rings. The van der Waals surface area contributed by atoms with Gasteiger partial charge in [-0.05, 0) is 72.6 Å². The number of nitrogens with one attached hydrogen (secondary N) is 2. The van der Waals surface area contributed by atoms with Crippen LogP contribution in [-0.4, -0.2) is 19.0 Å². The lowest BCUT2D eigenvalue weighted by Gasteiger charge is -2.10. The van der Waals surface area contributed by atoms with E-state index in [0.29, 0.717) is 12.3 Å². The van der Waals surface area contributed by atoms with Crippen LogP contribution in [0.15, 0.2) is 18.2 Å². The molecule has 1 amide bonds. The van der Waals surface area contributed by atoms with Gasteiger partial charge in [-0.3, -0.25) is 4.79 Å². The molecule has 1 aliphatic heterocycles. The quantitative estimate of drug-likeness (QED) is 0.828.